The molecule has 3 N–H and O–H groups in total. The Morgan fingerprint density at radius 2 is 0.723 bits per heavy atom. The fourth-order valence-corrected chi connectivity index (χ4v) is 8.98. The second-order valence-corrected chi connectivity index (χ2v) is 20.0. The molecule has 0 aliphatic rings. The number of amides is 1. The molecular formula is C59H113NO5. The SMILES string of the molecule is CCCCCC/C=C\CCCCCCCC(=O)OCCCCCCCCCCCCCCCCCCC(=O)NC(CO)C(O)/C=C/CCCCCCCCCCCCCCCCCCC. The van der Waals surface area contributed by atoms with E-state index in [4.69, 9.17) is 4.74 Å². The quantitative estimate of drug-likeness (QED) is 0.0321. The van der Waals surface area contributed by atoms with Gasteiger partial charge in [0.15, 0.2) is 0 Å². The average Bonchev–Trinajstić information content (AvgIpc) is 3.31. The Labute approximate surface area is 405 Å². The van der Waals surface area contributed by atoms with Crippen molar-refractivity contribution in [3.8, 4) is 0 Å². The first-order chi connectivity index (χ1) is 32.0. The maximum atomic E-state index is 12.5. The fourth-order valence-electron chi connectivity index (χ4n) is 8.98. The molecule has 0 aliphatic carbocycles. The highest BCUT2D eigenvalue weighted by Crippen LogP contribution is 2.17. The van der Waals surface area contributed by atoms with Gasteiger partial charge in [0.2, 0.25) is 5.91 Å². The van der Waals surface area contributed by atoms with Crippen molar-refractivity contribution in [2.75, 3.05) is 13.2 Å². The number of carbonyl (C=O) groups is 2. The number of ether oxygens (including phenoxy) is 1. The van der Waals surface area contributed by atoms with Gasteiger partial charge in [0.05, 0.1) is 25.4 Å². The molecule has 0 spiro atoms. The zero-order valence-corrected chi connectivity index (χ0v) is 43.7. The predicted octanol–water partition coefficient (Wildman–Crippen LogP) is 17.9. The van der Waals surface area contributed by atoms with E-state index in [-0.39, 0.29) is 18.5 Å². The van der Waals surface area contributed by atoms with Gasteiger partial charge in [0.1, 0.15) is 0 Å². The maximum Gasteiger partial charge on any atom is 0.305 e. The van der Waals surface area contributed by atoms with Crippen molar-refractivity contribution in [2.24, 2.45) is 0 Å². The Morgan fingerprint density at radius 1 is 0.415 bits per heavy atom. The predicted molar refractivity (Wildman–Crippen MR) is 283 cm³/mol. The summed E-state index contributed by atoms with van der Waals surface area (Å²) in [5.41, 5.74) is 0. The van der Waals surface area contributed by atoms with Crippen molar-refractivity contribution in [3.05, 3.63) is 24.3 Å². The van der Waals surface area contributed by atoms with Gasteiger partial charge in [-0.2, -0.15) is 0 Å². The molecule has 0 saturated heterocycles. The first kappa shape index (κ1) is 63.3. The molecule has 6 heteroatoms. The number of aliphatic hydroxyl groups is 2. The second kappa shape index (κ2) is 54.9. The van der Waals surface area contributed by atoms with Crippen LogP contribution in [0.15, 0.2) is 24.3 Å². The van der Waals surface area contributed by atoms with Crippen molar-refractivity contribution in [2.45, 2.75) is 328 Å². The molecule has 65 heavy (non-hydrogen) atoms. The van der Waals surface area contributed by atoms with E-state index in [2.05, 4.69) is 31.3 Å². The fraction of sp³-hybridized carbons (Fsp3) is 0.898. The minimum absolute atomic E-state index is 0.00680. The van der Waals surface area contributed by atoms with E-state index in [1.165, 1.54) is 244 Å². The monoisotopic (exact) mass is 916 g/mol. The lowest BCUT2D eigenvalue weighted by Crippen LogP contribution is -2.45. The van der Waals surface area contributed by atoms with Gasteiger partial charge in [-0.25, -0.2) is 0 Å². The molecule has 0 heterocycles. The standard InChI is InChI=1S/C59H113NO5/c1-3-5-7-9-11-13-15-17-18-19-20-21-24-28-31-35-39-43-47-51-57(62)56(55-61)60-58(63)52-48-44-40-36-32-29-25-22-23-26-30-34-38-42-46-50-54-65-59(64)53-49-45-41-37-33-27-16-14-12-10-8-6-4-2/h14,16,47,51,56-57,61-62H,3-13,15,17-46,48-50,52-55H2,1-2H3,(H,60,63)/b16-14-,51-47+. The number of rotatable bonds is 54. The van der Waals surface area contributed by atoms with E-state index in [9.17, 15) is 19.8 Å². The van der Waals surface area contributed by atoms with E-state index in [1.807, 2.05) is 6.08 Å². The number of nitrogens with one attached hydrogen (secondary N) is 1. The smallest absolute Gasteiger partial charge is 0.305 e. The summed E-state index contributed by atoms with van der Waals surface area (Å²) in [6.45, 7) is 4.89. The summed E-state index contributed by atoms with van der Waals surface area (Å²) < 4.78 is 5.46. The molecule has 6 nitrogen and oxygen atoms in total. The van der Waals surface area contributed by atoms with E-state index >= 15 is 0 Å². The van der Waals surface area contributed by atoms with Gasteiger partial charge in [-0.1, -0.05) is 269 Å². The van der Waals surface area contributed by atoms with Crippen molar-refractivity contribution < 1.29 is 24.5 Å². The first-order valence-electron chi connectivity index (χ1n) is 29.1. The van der Waals surface area contributed by atoms with Gasteiger partial charge < -0.3 is 20.3 Å². The van der Waals surface area contributed by atoms with Crippen LogP contribution >= 0.6 is 0 Å². The lowest BCUT2D eigenvalue weighted by Gasteiger charge is -2.20. The Kier molecular flexibility index (Phi) is 53.5. The summed E-state index contributed by atoms with van der Waals surface area (Å²) in [7, 11) is 0. The van der Waals surface area contributed by atoms with Crippen molar-refractivity contribution >= 4 is 11.9 Å². The molecule has 0 rings (SSSR count). The summed E-state index contributed by atoms with van der Waals surface area (Å²) in [5.74, 6) is -0.0795. The van der Waals surface area contributed by atoms with Crippen molar-refractivity contribution in [3.63, 3.8) is 0 Å². The van der Waals surface area contributed by atoms with Gasteiger partial charge in [-0.15, -0.1) is 0 Å². The minimum atomic E-state index is -0.849. The maximum absolute atomic E-state index is 12.5. The summed E-state index contributed by atoms with van der Waals surface area (Å²) >= 11 is 0. The molecule has 384 valence electrons. The van der Waals surface area contributed by atoms with Crippen molar-refractivity contribution in [1.82, 2.24) is 5.32 Å². The lowest BCUT2D eigenvalue weighted by molar-refractivity contribution is -0.143. The molecule has 0 bridgehead atoms. The molecule has 0 aromatic carbocycles. The lowest BCUT2D eigenvalue weighted by atomic mass is 10.0. The molecular weight excluding hydrogens is 803 g/mol. The summed E-state index contributed by atoms with van der Waals surface area (Å²) in [4.78, 5) is 24.5. The van der Waals surface area contributed by atoms with Gasteiger partial charge in [0, 0.05) is 12.8 Å². The van der Waals surface area contributed by atoms with Gasteiger partial charge in [-0.05, 0) is 57.8 Å². The highest BCUT2D eigenvalue weighted by atomic mass is 16.5. The third kappa shape index (κ3) is 51.6. The highest BCUT2D eigenvalue weighted by Gasteiger charge is 2.18. The molecule has 0 aromatic heterocycles. The second-order valence-electron chi connectivity index (χ2n) is 20.0. The van der Waals surface area contributed by atoms with Crippen LogP contribution in [0.4, 0.5) is 0 Å². The van der Waals surface area contributed by atoms with Crippen LogP contribution in [-0.2, 0) is 14.3 Å². The van der Waals surface area contributed by atoms with Gasteiger partial charge in [-0.3, -0.25) is 9.59 Å². The molecule has 0 aliphatic heterocycles. The van der Waals surface area contributed by atoms with E-state index in [1.54, 1.807) is 6.08 Å². The Hall–Kier alpha value is -1.66. The third-order valence-electron chi connectivity index (χ3n) is 13.5. The molecule has 2 unspecified atom stereocenters. The third-order valence-corrected chi connectivity index (χ3v) is 13.5. The van der Waals surface area contributed by atoms with Crippen LogP contribution in [0.5, 0.6) is 0 Å². The van der Waals surface area contributed by atoms with Crippen molar-refractivity contribution in [1.29, 1.82) is 0 Å². The molecule has 2 atom stereocenters. The van der Waals surface area contributed by atoms with Gasteiger partial charge >= 0.3 is 5.97 Å². The zero-order chi connectivity index (χ0) is 47.2. The normalized spacial score (nSPS) is 12.7. The van der Waals surface area contributed by atoms with Crippen LogP contribution in [0.25, 0.3) is 0 Å². The summed E-state index contributed by atoms with van der Waals surface area (Å²) in [6.07, 6.45) is 66.2. The largest absolute Gasteiger partial charge is 0.466 e. The van der Waals surface area contributed by atoms with E-state index in [0.717, 1.165) is 44.9 Å². The van der Waals surface area contributed by atoms with Crippen LogP contribution in [0.2, 0.25) is 0 Å². The van der Waals surface area contributed by atoms with Crippen LogP contribution in [0, 0.1) is 0 Å². The van der Waals surface area contributed by atoms with Crippen LogP contribution in [-0.4, -0.2) is 47.4 Å². The summed E-state index contributed by atoms with van der Waals surface area (Å²) in [5, 5.41) is 23.2. The molecule has 0 radical (unpaired) electrons. The Bertz CT molecular complexity index is 1010. The molecule has 1 amide bonds. The number of hydrogen-bond donors (Lipinski definition) is 3. The van der Waals surface area contributed by atoms with Gasteiger partial charge in [0.25, 0.3) is 0 Å². The molecule has 0 aromatic rings. The van der Waals surface area contributed by atoms with Crippen LogP contribution < -0.4 is 5.32 Å². The number of allylic oxidation sites excluding steroid dienone is 3. The topological polar surface area (TPSA) is 95.9 Å². The van der Waals surface area contributed by atoms with E-state index < -0.39 is 12.1 Å². The van der Waals surface area contributed by atoms with Crippen LogP contribution in [0.1, 0.15) is 316 Å². The minimum Gasteiger partial charge on any atom is -0.466 e. The zero-order valence-electron chi connectivity index (χ0n) is 43.7. The number of aliphatic hydroxyl groups excluding tert-OH is 2. The highest BCUT2D eigenvalue weighted by molar-refractivity contribution is 5.76. The first-order valence-corrected chi connectivity index (χ1v) is 29.1. The Balaban J connectivity index is 3.46. The number of carbonyl (C=O) groups excluding carboxylic acids is 2. The molecule has 0 fully saturated rings. The number of unbranched alkanes of at least 4 members (excludes halogenated alkanes) is 41. The van der Waals surface area contributed by atoms with E-state index in [0.29, 0.717) is 19.4 Å². The molecule has 0 saturated carbocycles. The summed E-state index contributed by atoms with van der Waals surface area (Å²) in [6, 6.07) is -0.633. The number of hydrogen-bond acceptors (Lipinski definition) is 5. The Morgan fingerprint density at radius 3 is 1.11 bits per heavy atom. The number of esters is 1. The average molecular weight is 917 g/mol. The van der Waals surface area contributed by atoms with Crippen LogP contribution in [0.3, 0.4) is 0 Å².